The first-order chi connectivity index (χ1) is 5.24. The molecular formula is C7H15N3O. The molecule has 1 atom stereocenters. The van der Waals surface area contributed by atoms with E-state index in [-0.39, 0.29) is 11.8 Å². The van der Waals surface area contributed by atoms with Gasteiger partial charge in [0.25, 0.3) is 0 Å². The number of amides is 1. The van der Waals surface area contributed by atoms with Crippen molar-refractivity contribution in [3.05, 3.63) is 0 Å². The van der Waals surface area contributed by atoms with Crippen molar-refractivity contribution in [2.24, 2.45) is 17.4 Å². The summed E-state index contributed by atoms with van der Waals surface area (Å²) in [6.45, 7) is 3.30. The maximum atomic E-state index is 10.7. The van der Waals surface area contributed by atoms with Crippen LogP contribution in [0, 0.1) is 5.92 Å². The molecule has 1 aliphatic rings. The quantitative estimate of drug-likeness (QED) is 0.538. The van der Waals surface area contributed by atoms with E-state index in [0.717, 1.165) is 26.1 Å². The molecule has 1 saturated heterocycles. The summed E-state index contributed by atoms with van der Waals surface area (Å²) in [5, 5.41) is 0. The first kappa shape index (κ1) is 8.49. The molecular weight excluding hydrogens is 142 g/mol. The molecule has 0 aromatic rings. The Morgan fingerprint density at radius 3 is 2.82 bits per heavy atom. The van der Waals surface area contributed by atoms with E-state index in [1.165, 1.54) is 0 Å². The summed E-state index contributed by atoms with van der Waals surface area (Å²) in [5.74, 6) is -0.119. The number of carbonyl (C=O) groups is 1. The first-order valence-corrected chi connectivity index (χ1v) is 3.95. The number of hydrogen-bond donors (Lipinski definition) is 2. The van der Waals surface area contributed by atoms with Crippen LogP contribution in [0.15, 0.2) is 0 Å². The lowest BCUT2D eigenvalue weighted by atomic mass is 10.1. The van der Waals surface area contributed by atoms with E-state index >= 15 is 0 Å². The van der Waals surface area contributed by atoms with E-state index < -0.39 is 0 Å². The number of primary amides is 1. The van der Waals surface area contributed by atoms with Gasteiger partial charge in [-0.25, -0.2) is 0 Å². The third kappa shape index (κ3) is 2.17. The molecule has 4 heteroatoms. The fraction of sp³-hybridized carbons (Fsp3) is 0.857. The lowest BCUT2D eigenvalue weighted by Gasteiger charge is -2.12. The lowest BCUT2D eigenvalue weighted by molar-refractivity contribution is -0.121. The Labute approximate surface area is 66.5 Å². The molecule has 0 aromatic carbocycles. The molecule has 0 aliphatic carbocycles. The molecule has 1 heterocycles. The van der Waals surface area contributed by atoms with Gasteiger partial charge in [0.05, 0.1) is 5.92 Å². The predicted molar refractivity (Wildman–Crippen MR) is 42.8 cm³/mol. The standard InChI is InChI=1S/C7H15N3O/c8-2-4-10-3-1-6(5-10)7(9)11/h6H,1-5,8H2,(H2,9,11). The third-order valence-electron chi connectivity index (χ3n) is 2.12. The van der Waals surface area contributed by atoms with Gasteiger partial charge in [-0.2, -0.15) is 0 Å². The average molecular weight is 157 g/mol. The van der Waals surface area contributed by atoms with Crippen LogP contribution in [0.3, 0.4) is 0 Å². The Kier molecular flexibility index (Phi) is 2.84. The summed E-state index contributed by atoms with van der Waals surface area (Å²) in [6, 6.07) is 0. The van der Waals surface area contributed by atoms with Crippen LogP contribution in [-0.4, -0.2) is 37.0 Å². The maximum Gasteiger partial charge on any atom is 0.221 e. The van der Waals surface area contributed by atoms with Gasteiger partial charge >= 0.3 is 0 Å². The van der Waals surface area contributed by atoms with Crippen molar-refractivity contribution < 1.29 is 4.79 Å². The maximum absolute atomic E-state index is 10.7. The third-order valence-corrected chi connectivity index (χ3v) is 2.12. The second-order valence-corrected chi connectivity index (χ2v) is 2.98. The van der Waals surface area contributed by atoms with E-state index in [1.54, 1.807) is 0 Å². The highest BCUT2D eigenvalue weighted by Gasteiger charge is 2.25. The van der Waals surface area contributed by atoms with Crippen LogP contribution in [0.2, 0.25) is 0 Å². The minimum Gasteiger partial charge on any atom is -0.369 e. The van der Waals surface area contributed by atoms with Gasteiger partial charge in [0.2, 0.25) is 5.91 Å². The number of rotatable bonds is 3. The molecule has 1 unspecified atom stereocenters. The highest BCUT2D eigenvalue weighted by atomic mass is 16.1. The summed E-state index contributed by atoms with van der Waals surface area (Å²) < 4.78 is 0. The van der Waals surface area contributed by atoms with Crippen LogP contribution in [0.5, 0.6) is 0 Å². The van der Waals surface area contributed by atoms with E-state index in [2.05, 4.69) is 4.90 Å². The van der Waals surface area contributed by atoms with Gasteiger partial charge in [-0.1, -0.05) is 0 Å². The molecule has 0 bridgehead atoms. The second-order valence-electron chi connectivity index (χ2n) is 2.98. The molecule has 1 rings (SSSR count). The summed E-state index contributed by atoms with van der Waals surface area (Å²) in [6.07, 6.45) is 0.898. The van der Waals surface area contributed by atoms with Crippen molar-refractivity contribution in [3.8, 4) is 0 Å². The molecule has 0 aromatic heterocycles. The Balaban J connectivity index is 2.29. The van der Waals surface area contributed by atoms with Gasteiger partial charge in [-0.15, -0.1) is 0 Å². The van der Waals surface area contributed by atoms with Crippen molar-refractivity contribution in [2.75, 3.05) is 26.2 Å². The van der Waals surface area contributed by atoms with Gasteiger partial charge < -0.3 is 16.4 Å². The van der Waals surface area contributed by atoms with Gasteiger partial charge in [0.15, 0.2) is 0 Å². The second kappa shape index (κ2) is 3.69. The highest BCUT2D eigenvalue weighted by molar-refractivity contribution is 5.77. The van der Waals surface area contributed by atoms with Gasteiger partial charge in [0.1, 0.15) is 0 Å². The summed E-state index contributed by atoms with van der Waals surface area (Å²) in [7, 11) is 0. The minimum absolute atomic E-state index is 0.0570. The van der Waals surface area contributed by atoms with Crippen molar-refractivity contribution in [1.29, 1.82) is 0 Å². The molecule has 64 valence electrons. The van der Waals surface area contributed by atoms with Crippen molar-refractivity contribution >= 4 is 5.91 Å². The molecule has 0 radical (unpaired) electrons. The monoisotopic (exact) mass is 157 g/mol. The van der Waals surface area contributed by atoms with E-state index in [4.69, 9.17) is 11.5 Å². The zero-order chi connectivity index (χ0) is 8.27. The van der Waals surface area contributed by atoms with Crippen LogP contribution >= 0.6 is 0 Å². The Hall–Kier alpha value is -0.610. The Morgan fingerprint density at radius 1 is 1.64 bits per heavy atom. The highest BCUT2D eigenvalue weighted by Crippen LogP contribution is 2.14. The zero-order valence-corrected chi connectivity index (χ0v) is 6.62. The number of hydrogen-bond acceptors (Lipinski definition) is 3. The van der Waals surface area contributed by atoms with E-state index in [1.807, 2.05) is 0 Å². The van der Waals surface area contributed by atoms with Crippen LogP contribution in [0.25, 0.3) is 0 Å². The zero-order valence-electron chi connectivity index (χ0n) is 6.62. The normalized spacial score (nSPS) is 25.7. The van der Waals surface area contributed by atoms with Crippen LogP contribution < -0.4 is 11.5 Å². The largest absolute Gasteiger partial charge is 0.369 e. The van der Waals surface area contributed by atoms with E-state index in [9.17, 15) is 4.79 Å². The Bertz CT molecular complexity index is 149. The predicted octanol–water partition coefficient (Wildman–Crippen LogP) is -1.25. The summed E-state index contributed by atoms with van der Waals surface area (Å²) >= 11 is 0. The fourth-order valence-corrected chi connectivity index (χ4v) is 1.45. The minimum atomic E-state index is -0.176. The molecule has 1 amide bonds. The lowest BCUT2D eigenvalue weighted by Crippen LogP contribution is -2.30. The smallest absolute Gasteiger partial charge is 0.221 e. The van der Waals surface area contributed by atoms with Gasteiger partial charge in [-0.05, 0) is 13.0 Å². The first-order valence-electron chi connectivity index (χ1n) is 3.95. The van der Waals surface area contributed by atoms with Crippen LogP contribution in [0.4, 0.5) is 0 Å². The van der Waals surface area contributed by atoms with Gasteiger partial charge in [0, 0.05) is 19.6 Å². The molecule has 1 fully saturated rings. The molecule has 11 heavy (non-hydrogen) atoms. The number of likely N-dealkylation sites (tertiary alicyclic amines) is 1. The van der Waals surface area contributed by atoms with Crippen molar-refractivity contribution in [2.45, 2.75) is 6.42 Å². The molecule has 4 N–H and O–H groups in total. The average Bonchev–Trinajstić information content (AvgIpc) is 2.37. The molecule has 0 spiro atoms. The van der Waals surface area contributed by atoms with Crippen LogP contribution in [-0.2, 0) is 4.79 Å². The van der Waals surface area contributed by atoms with E-state index in [0.29, 0.717) is 6.54 Å². The number of nitrogens with two attached hydrogens (primary N) is 2. The molecule has 4 nitrogen and oxygen atoms in total. The van der Waals surface area contributed by atoms with Crippen molar-refractivity contribution in [1.82, 2.24) is 4.90 Å². The number of nitrogens with zero attached hydrogens (tertiary/aromatic N) is 1. The van der Waals surface area contributed by atoms with Crippen molar-refractivity contribution in [3.63, 3.8) is 0 Å². The molecule has 0 saturated carbocycles. The Morgan fingerprint density at radius 2 is 2.36 bits per heavy atom. The molecule has 1 aliphatic heterocycles. The van der Waals surface area contributed by atoms with Crippen LogP contribution in [0.1, 0.15) is 6.42 Å². The summed E-state index contributed by atoms with van der Waals surface area (Å²) in [5.41, 5.74) is 10.5. The topological polar surface area (TPSA) is 72.3 Å². The SMILES string of the molecule is NCCN1CCC(C(N)=O)C1. The number of carbonyl (C=O) groups excluding carboxylic acids is 1. The fourth-order valence-electron chi connectivity index (χ4n) is 1.45. The van der Waals surface area contributed by atoms with Gasteiger partial charge in [-0.3, -0.25) is 4.79 Å². The summed E-state index contributed by atoms with van der Waals surface area (Å²) in [4.78, 5) is 12.9.